The minimum absolute atomic E-state index is 0.0155. The van der Waals surface area contributed by atoms with Crippen molar-refractivity contribution < 1.29 is 14.3 Å². The first-order chi connectivity index (χ1) is 14.1. The summed E-state index contributed by atoms with van der Waals surface area (Å²) < 4.78 is 5.73. The van der Waals surface area contributed by atoms with E-state index in [0.29, 0.717) is 12.6 Å². The van der Waals surface area contributed by atoms with Gasteiger partial charge in [-0.05, 0) is 37.9 Å². The Bertz CT molecular complexity index is 795. The number of rotatable bonds is 7. The molecule has 2 aliphatic heterocycles. The van der Waals surface area contributed by atoms with E-state index >= 15 is 0 Å². The Morgan fingerprint density at radius 1 is 1.17 bits per heavy atom. The van der Waals surface area contributed by atoms with Crippen LogP contribution < -0.4 is 11.1 Å². The number of allylic oxidation sites excluding steroid dienone is 2. The Morgan fingerprint density at radius 3 is 2.72 bits per heavy atom. The normalized spacial score (nSPS) is 23.5. The monoisotopic (exact) mass is 399 g/mol. The standard InChI is InChI=1S/C21H29N5O3/c22-17-19(21(28)18-16(20(17)27)5-1-6-23-18)24-7-3-8-25-9-11-26(12-10-25)14-15-4-2-13-29-15/h1,5-6,15,24H,2-4,7-14,22H2. The Labute approximate surface area is 171 Å². The average molecular weight is 399 g/mol. The van der Waals surface area contributed by atoms with Crippen molar-refractivity contribution in [2.45, 2.75) is 25.4 Å². The van der Waals surface area contributed by atoms with Gasteiger partial charge < -0.3 is 20.7 Å². The van der Waals surface area contributed by atoms with Crippen LogP contribution in [0.4, 0.5) is 0 Å². The molecular weight excluding hydrogens is 370 g/mol. The summed E-state index contributed by atoms with van der Waals surface area (Å²) in [5.41, 5.74) is 6.55. The third-order valence-corrected chi connectivity index (χ3v) is 5.91. The smallest absolute Gasteiger partial charge is 0.230 e. The predicted molar refractivity (Wildman–Crippen MR) is 109 cm³/mol. The third-order valence-electron chi connectivity index (χ3n) is 5.91. The highest BCUT2D eigenvalue weighted by Crippen LogP contribution is 2.20. The second kappa shape index (κ2) is 9.02. The van der Waals surface area contributed by atoms with Crippen LogP contribution in [0.1, 0.15) is 40.1 Å². The zero-order valence-electron chi connectivity index (χ0n) is 16.7. The summed E-state index contributed by atoms with van der Waals surface area (Å²) >= 11 is 0. The van der Waals surface area contributed by atoms with Gasteiger partial charge in [0.25, 0.3) is 0 Å². The molecule has 3 N–H and O–H groups in total. The quantitative estimate of drug-likeness (QED) is 0.636. The molecule has 29 heavy (non-hydrogen) atoms. The first-order valence-electron chi connectivity index (χ1n) is 10.5. The van der Waals surface area contributed by atoms with Crippen LogP contribution in [0.5, 0.6) is 0 Å². The fourth-order valence-electron chi connectivity index (χ4n) is 4.23. The lowest BCUT2D eigenvalue weighted by Crippen LogP contribution is -2.48. The van der Waals surface area contributed by atoms with Crippen LogP contribution in [0.25, 0.3) is 0 Å². The summed E-state index contributed by atoms with van der Waals surface area (Å²) in [6.07, 6.45) is 5.18. The van der Waals surface area contributed by atoms with E-state index in [4.69, 9.17) is 10.5 Å². The number of Topliss-reactive ketones (excluding diaryl/α,β-unsaturated/α-hetero) is 2. The first-order valence-corrected chi connectivity index (χ1v) is 10.5. The summed E-state index contributed by atoms with van der Waals surface area (Å²) in [5, 5.41) is 3.08. The fraction of sp³-hybridized carbons (Fsp3) is 0.571. The molecule has 0 aromatic carbocycles. The van der Waals surface area contributed by atoms with Gasteiger partial charge in [0.15, 0.2) is 0 Å². The average Bonchev–Trinajstić information content (AvgIpc) is 3.26. The Kier molecular flexibility index (Phi) is 6.22. The summed E-state index contributed by atoms with van der Waals surface area (Å²) in [7, 11) is 0. The number of fused-ring (bicyclic) bond motifs is 1. The van der Waals surface area contributed by atoms with Crippen LogP contribution in [-0.4, -0.2) is 84.9 Å². The minimum Gasteiger partial charge on any atom is -0.394 e. The zero-order valence-corrected chi connectivity index (χ0v) is 16.7. The third kappa shape index (κ3) is 4.49. The molecule has 2 fully saturated rings. The fourth-order valence-corrected chi connectivity index (χ4v) is 4.23. The second-order valence-electron chi connectivity index (χ2n) is 7.90. The van der Waals surface area contributed by atoms with Gasteiger partial charge in [0.2, 0.25) is 11.6 Å². The summed E-state index contributed by atoms with van der Waals surface area (Å²) in [4.78, 5) is 34.0. The van der Waals surface area contributed by atoms with Crippen LogP contribution in [0.15, 0.2) is 29.7 Å². The Balaban J connectivity index is 1.20. The summed E-state index contributed by atoms with van der Waals surface area (Å²) in [6.45, 7) is 7.74. The van der Waals surface area contributed by atoms with Crippen molar-refractivity contribution in [1.82, 2.24) is 20.1 Å². The molecular formula is C21H29N5O3. The molecule has 156 valence electrons. The molecule has 0 spiro atoms. The molecule has 0 bridgehead atoms. The number of ether oxygens (including phenoxy) is 1. The van der Waals surface area contributed by atoms with E-state index in [1.165, 1.54) is 19.0 Å². The number of nitrogens with zero attached hydrogens (tertiary/aromatic N) is 3. The molecule has 0 radical (unpaired) electrons. The SMILES string of the molecule is NC1=C(NCCCN2CCN(CC3CCCO3)CC2)C(=O)c2ncccc2C1=O. The van der Waals surface area contributed by atoms with Gasteiger partial charge in [0, 0.05) is 52.1 Å². The van der Waals surface area contributed by atoms with E-state index in [-0.39, 0.29) is 34.2 Å². The highest BCUT2D eigenvalue weighted by atomic mass is 16.5. The number of nitrogens with two attached hydrogens (primary N) is 1. The maximum Gasteiger partial charge on any atom is 0.230 e. The lowest BCUT2D eigenvalue weighted by Gasteiger charge is -2.35. The largest absolute Gasteiger partial charge is 0.394 e. The number of ketones is 2. The van der Waals surface area contributed by atoms with Crippen molar-refractivity contribution in [2.75, 3.05) is 52.4 Å². The van der Waals surface area contributed by atoms with Crippen LogP contribution in [0.2, 0.25) is 0 Å². The zero-order chi connectivity index (χ0) is 20.2. The highest BCUT2D eigenvalue weighted by molar-refractivity contribution is 6.25. The lowest BCUT2D eigenvalue weighted by molar-refractivity contribution is 0.0503. The molecule has 1 aliphatic carbocycles. The highest BCUT2D eigenvalue weighted by Gasteiger charge is 2.31. The van der Waals surface area contributed by atoms with Gasteiger partial charge >= 0.3 is 0 Å². The minimum atomic E-state index is -0.336. The molecule has 1 aromatic heterocycles. The van der Waals surface area contributed by atoms with E-state index in [1.54, 1.807) is 12.1 Å². The summed E-state index contributed by atoms with van der Waals surface area (Å²) in [5.74, 6) is -0.641. The summed E-state index contributed by atoms with van der Waals surface area (Å²) in [6, 6.07) is 3.22. The van der Waals surface area contributed by atoms with E-state index in [0.717, 1.165) is 52.3 Å². The van der Waals surface area contributed by atoms with Gasteiger partial charge in [0.05, 0.1) is 11.7 Å². The van der Waals surface area contributed by atoms with E-state index in [9.17, 15) is 9.59 Å². The van der Waals surface area contributed by atoms with Crippen molar-refractivity contribution in [3.63, 3.8) is 0 Å². The van der Waals surface area contributed by atoms with Crippen LogP contribution in [0, 0.1) is 0 Å². The predicted octanol–water partition coefficient (Wildman–Crippen LogP) is 0.407. The molecule has 1 aromatic rings. The van der Waals surface area contributed by atoms with Crippen molar-refractivity contribution in [3.05, 3.63) is 41.0 Å². The van der Waals surface area contributed by atoms with Crippen LogP contribution in [-0.2, 0) is 4.74 Å². The second-order valence-corrected chi connectivity index (χ2v) is 7.90. The van der Waals surface area contributed by atoms with Crippen molar-refractivity contribution in [1.29, 1.82) is 0 Å². The van der Waals surface area contributed by atoms with E-state index in [1.807, 2.05) is 0 Å². The number of hydrogen-bond acceptors (Lipinski definition) is 8. The molecule has 0 amide bonds. The number of pyridine rings is 1. The van der Waals surface area contributed by atoms with Gasteiger partial charge in [-0.2, -0.15) is 0 Å². The van der Waals surface area contributed by atoms with Gasteiger partial charge in [-0.3, -0.25) is 19.5 Å². The molecule has 0 saturated carbocycles. The van der Waals surface area contributed by atoms with Crippen molar-refractivity contribution >= 4 is 11.6 Å². The lowest BCUT2D eigenvalue weighted by atomic mass is 9.95. The first kappa shape index (κ1) is 20.0. The van der Waals surface area contributed by atoms with E-state index in [2.05, 4.69) is 20.1 Å². The maximum atomic E-state index is 12.6. The van der Waals surface area contributed by atoms with Crippen molar-refractivity contribution in [2.24, 2.45) is 5.73 Å². The van der Waals surface area contributed by atoms with Gasteiger partial charge in [-0.15, -0.1) is 0 Å². The van der Waals surface area contributed by atoms with Crippen LogP contribution in [0.3, 0.4) is 0 Å². The molecule has 8 nitrogen and oxygen atoms in total. The maximum absolute atomic E-state index is 12.6. The Morgan fingerprint density at radius 2 is 1.97 bits per heavy atom. The Hall–Kier alpha value is -2.29. The molecule has 8 heteroatoms. The molecule has 4 rings (SSSR count). The molecule has 2 saturated heterocycles. The molecule has 1 unspecified atom stereocenters. The van der Waals surface area contributed by atoms with Crippen molar-refractivity contribution in [3.8, 4) is 0 Å². The van der Waals surface area contributed by atoms with E-state index < -0.39 is 0 Å². The molecule has 3 heterocycles. The number of nitrogens with one attached hydrogen (secondary N) is 1. The number of piperazine rings is 1. The number of carbonyl (C=O) groups excluding carboxylic acids is 2. The molecule has 3 aliphatic rings. The van der Waals surface area contributed by atoms with Gasteiger partial charge in [0.1, 0.15) is 17.1 Å². The van der Waals surface area contributed by atoms with Crippen LogP contribution >= 0.6 is 0 Å². The number of hydrogen-bond donors (Lipinski definition) is 2. The number of carbonyl (C=O) groups is 2. The topological polar surface area (TPSA) is 101 Å². The molecule has 1 atom stereocenters. The van der Waals surface area contributed by atoms with Gasteiger partial charge in [-0.1, -0.05) is 0 Å². The number of aromatic nitrogens is 1. The van der Waals surface area contributed by atoms with Gasteiger partial charge in [-0.25, -0.2) is 0 Å².